The number of nitrogen functional groups attached to an aromatic ring is 1. The standard InChI is InChI=1S/C15H23N3O2/c1-11(18-8-6-12(10-19)7-9-18)15(20)17-14-5-3-2-4-13(14)16/h2-5,11-12,19H,6-10,16H2,1H3,(H,17,20). The molecule has 0 aromatic heterocycles. The van der Waals surface area contributed by atoms with Crippen LogP contribution in [0.1, 0.15) is 19.8 Å². The number of hydrogen-bond donors (Lipinski definition) is 3. The number of nitrogens with two attached hydrogens (primary N) is 1. The third kappa shape index (κ3) is 3.49. The summed E-state index contributed by atoms with van der Waals surface area (Å²) in [6, 6.07) is 7.08. The van der Waals surface area contributed by atoms with Gasteiger partial charge in [0.2, 0.25) is 5.91 Å². The van der Waals surface area contributed by atoms with Gasteiger partial charge >= 0.3 is 0 Å². The zero-order chi connectivity index (χ0) is 14.5. The number of amides is 1. The van der Waals surface area contributed by atoms with Crippen molar-refractivity contribution in [2.45, 2.75) is 25.8 Å². The van der Waals surface area contributed by atoms with Crippen molar-refractivity contribution < 1.29 is 9.90 Å². The van der Waals surface area contributed by atoms with Crippen LogP contribution < -0.4 is 11.1 Å². The molecule has 4 N–H and O–H groups in total. The predicted molar refractivity (Wildman–Crippen MR) is 80.3 cm³/mol. The Balaban J connectivity index is 1.91. The summed E-state index contributed by atoms with van der Waals surface area (Å²) >= 11 is 0. The Morgan fingerprint density at radius 1 is 1.45 bits per heavy atom. The summed E-state index contributed by atoms with van der Waals surface area (Å²) in [5, 5.41) is 12.0. The van der Waals surface area contributed by atoms with Gasteiger partial charge in [-0.25, -0.2) is 0 Å². The Bertz CT molecular complexity index is 456. The number of benzene rings is 1. The van der Waals surface area contributed by atoms with E-state index in [1.54, 1.807) is 12.1 Å². The Labute approximate surface area is 119 Å². The predicted octanol–water partition coefficient (Wildman–Crippen LogP) is 1.30. The lowest BCUT2D eigenvalue weighted by molar-refractivity contribution is -0.121. The van der Waals surface area contributed by atoms with Crippen LogP contribution in [-0.4, -0.2) is 41.7 Å². The largest absolute Gasteiger partial charge is 0.397 e. The van der Waals surface area contributed by atoms with Crippen molar-refractivity contribution in [3.63, 3.8) is 0 Å². The SMILES string of the molecule is CC(C(=O)Nc1ccccc1N)N1CCC(CO)CC1. The summed E-state index contributed by atoms with van der Waals surface area (Å²) in [7, 11) is 0. The monoisotopic (exact) mass is 277 g/mol. The van der Waals surface area contributed by atoms with Crippen LogP contribution in [-0.2, 0) is 4.79 Å². The molecule has 110 valence electrons. The van der Waals surface area contributed by atoms with E-state index < -0.39 is 0 Å². The fourth-order valence-electron chi connectivity index (χ4n) is 2.54. The first kappa shape index (κ1) is 14.8. The molecular formula is C15H23N3O2. The number of likely N-dealkylation sites (tertiary alicyclic amines) is 1. The number of piperidine rings is 1. The molecule has 1 unspecified atom stereocenters. The highest BCUT2D eigenvalue weighted by Crippen LogP contribution is 2.20. The van der Waals surface area contributed by atoms with Crippen LogP contribution in [0.2, 0.25) is 0 Å². The van der Waals surface area contributed by atoms with Crippen LogP contribution in [0, 0.1) is 5.92 Å². The number of hydrogen-bond acceptors (Lipinski definition) is 4. The van der Waals surface area contributed by atoms with Crippen molar-refractivity contribution in [2.24, 2.45) is 5.92 Å². The number of aliphatic hydroxyl groups is 1. The fourth-order valence-corrected chi connectivity index (χ4v) is 2.54. The number of rotatable bonds is 4. The summed E-state index contributed by atoms with van der Waals surface area (Å²) in [4.78, 5) is 14.4. The molecule has 0 aliphatic carbocycles. The number of carbonyl (C=O) groups excluding carboxylic acids is 1. The maximum absolute atomic E-state index is 12.3. The summed E-state index contributed by atoms with van der Waals surface area (Å²) in [5.74, 6) is 0.344. The van der Waals surface area contributed by atoms with Crippen molar-refractivity contribution in [1.82, 2.24) is 4.90 Å². The maximum atomic E-state index is 12.3. The van der Waals surface area contributed by atoms with Crippen molar-refractivity contribution in [2.75, 3.05) is 30.7 Å². The molecular weight excluding hydrogens is 254 g/mol. The molecule has 5 heteroatoms. The third-order valence-electron chi connectivity index (χ3n) is 4.05. The van der Waals surface area contributed by atoms with E-state index in [9.17, 15) is 4.79 Å². The highest BCUT2D eigenvalue weighted by molar-refractivity contribution is 5.97. The summed E-state index contributed by atoms with van der Waals surface area (Å²) in [6.07, 6.45) is 1.89. The van der Waals surface area contributed by atoms with Crippen molar-refractivity contribution in [1.29, 1.82) is 0 Å². The second kappa shape index (κ2) is 6.72. The van der Waals surface area contributed by atoms with Gasteiger partial charge in [-0.3, -0.25) is 9.69 Å². The van der Waals surface area contributed by atoms with Gasteiger partial charge in [-0.15, -0.1) is 0 Å². The molecule has 1 heterocycles. The summed E-state index contributed by atoms with van der Waals surface area (Å²) < 4.78 is 0. The van der Waals surface area contributed by atoms with Gasteiger partial charge < -0.3 is 16.2 Å². The molecule has 1 aliphatic heterocycles. The van der Waals surface area contributed by atoms with Gasteiger partial charge in [0.25, 0.3) is 0 Å². The minimum Gasteiger partial charge on any atom is -0.397 e. The molecule has 0 radical (unpaired) electrons. The molecule has 1 amide bonds. The number of nitrogens with zero attached hydrogens (tertiary/aromatic N) is 1. The summed E-state index contributed by atoms with van der Waals surface area (Å²) in [6.45, 7) is 3.86. The van der Waals surface area contributed by atoms with Crippen molar-refractivity contribution in [3.8, 4) is 0 Å². The molecule has 5 nitrogen and oxygen atoms in total. The van der Waals surface area contributed by atoms with Gasteiger partial charge in [-0.05, 0) is 50.9 Å². The Hall–Kier alpha value is -1.59. The van der Waals surface area contributed by atoms with Gasteiger partial charge in [0.05, 0.1) is 17.4 Å². The molecule has 1 fully saturated rings. The minimum atomic E-state index is -0.186. The van der Waals surface area contributed by atoms with E-state index in [2.05, 4.69) is 10.2 Å². The third-order valence-corrected chi connectivity index (χ3v) is 4.05. The molecule has 1 saturated heterocycles. The first-order valence-corrected chi connectivity index (χ1v) is 7.12. The second-order valence-electron chi connectivity index (χ2n) is 5.41. The molecule has 20 heavy (non-hydrogen) atoms. The number of nitrogens with one attached hydrogen (secondary N) is 1. The van der Waals surface area contributed by atoms with Gasteiger partial charge in [-0.1, -0.05) is 12.1 Å². The molecule has 0 bridgehead atoms. The van der Waals surface area contributed by atoms with Crippen LogP contribution in [0.5, 0.6) is 0 Å². The number of aliphatic hydroxyl groups excluding tert-OH is 1. The molecule has 1 atom stereocenters. The fraction of sp³-hybridized carbons (Fsp3) is 0.533. The van der Waals surface area contributed by atoms with E-state index in [-0.39, 0.29) is 18.6 Å². The highest BCUT2D eigenvalue weighted by atomic mass is 16.3. The minimum absolute atomic E-state index is 0.0367. The van der Waals surface area contributed by atoms with Gasteiger partial charge in [0.15, 0.2) is 0 Å². The second-order valence-corrected chi connectivity index (χ2v) is 5.41. The van der Waals surface area contributed by atoms with Gasteiger partial charge in [0.1, 0.15) is 0 Å². The average Bonchev–Trinajstić information content (AvgIpc) is 2.49. The van der Waals surface area contributed by atoms with Crippen LogP contribution >= 0.6 is 0 Å². The topological polar surface area (TPSA) is 78.6 Å². The van der Waals surface area contributed by atoms with Gasteiger partial charge in [-0.2, -0.15) is 0 Å². The number of para-hydroxylation sites is 2. The lowest BCUT2D eigenvalue weighted by atomic mass is 9.97. The van der Waals surface area contributed by atoms with E-state index in [1.807, 2.05) is 19.1 Å². The number of anilines is 2. The van der Waals surface area contributed by atoms with E-state index in [0.717, 1.165) is 25.9 Å². The molecule has 1 aliphatic rings. The van der Waals surface area contributed by atoms with Crippen LogP contribution in [0.15, 0.2) is 24.3 Å². The molecule has 0 spiro atoms. The number of carbonyl (C=O) groups is 1. The van der Waals surface area contributed by atoms with E-state index >= 15 is 0 Å². The first-order chi connectivity index (χ1) is 9.61. The smallest absolute Gasteiger partial charge is 0.241 e. The highest BCUT2D eigenvalue weighted by Gasteiger charge is 2.26. The van der Waals surface area contributed by atoms with Crippen LogP contribution in [0.4, 0.5) is 11.4 Å². The van der Waals surface area contributed by atoms with Crippen LogP contribution in [0.25, 0.3) is 0 Å². The lowest BCUT2D eigenvalue weighted by Crippen LogP contribution is -2.46. The summed E-state index contributed by atoms with van der Waals surface area (Å²) in [5.41, 5.74) is 7.07. The maximum Gasteiger partial charge on any atom is 0.241 e. The Morgan fingerprint density at radius 2 is 2.10 bits per heavy atom. The molecule has 0 saturated carbocycles. The van der Waals surface area contributed by atoms with E-state index in [4.69, 9.17) is 10.8 Å². The quantitative estimate of drug-likeness (QED) is 0.725. The van der Waals surface area contributed by atoms with Crippen molar-refractivity contribution in [3.05, 3.63) is 24.3 Å². The molecule has 2 rings (SSSR count). The zero-order valence-corrected chi connectivity index (χ0v) is 11.9. The average molecular weight is 277 g/mol. The van der Waals surface area contributed by atoms with Gasteiger partial charge in [0, 0.05) is 6.61 Å². The Kier molecular flexibility index (Phi) is 4.98. The van der Waals surface area contributed by atoms with Crippen LogP contribution in [0.3, 0.4) is 0 Å². The zero-order valence-electron chi connectivity index (χ0n) is 11.9. The normalized spacial score (nSPS) is 18.7. The van der Waals surface area contributed by atoms with E-state index in [1.165, 1.54) is 0 Å². The first-order valence-electron chi connectivity index (χ1n) is 7.12. The molecule has 1 aromatic carbocycles. The molecule has 1 aromatic rings. The van der Waals surface area contributed by atoms with E-state index in [0.29, 0.717) is 17.3 Å². The Morgan fingerprint density at radius 3 is 2.70 bits per heavy atom. The lowest BCUT2D eigenvalue weighted by Gasteiger charge is -2.34. The van der Waals surface area contributed by atoms with Crippen molar-refractivity contribution >= 4 is 17.3 Å².